The molecule has 1 heterocycles. The van der Waals surface area contributed by atoms with Crippen LogP contribution in [0.1, 0.15) is 45.6 Å². The second kappa shape index (κ2) is 5.12. The molecular weight excluding hydrogens is 250 g/mol. The summed E-state index contributed by atoms with van der Waals surface area (Å²) < 4.78 is 10.7. The zero-order valence-corrected chi connectivity index (χ0v) is 12.6. The Morgan fingerprint density at radius 1 is 1.20 bits per heavy atom. The van der Waals surface area contributed by atoms with Crippen molar-refractivity contribution in [1.29, 1.82) is 0 Å². The van der Waals surface area contributed by atoms with Crippen molar-refractivity contribution in [2.75, 3.05) is 6.79 Å². The van der Waals surface area contributed by atoms with E-state index in [0.717, 1.165) is 23.0 Å². The molecule has 0 saturated heterocycles. The van der Waals surface area contributed by atoms with Crippen LogP contribution >= 0.6 is 0 Å². The number of benzene rings is 1. The first kappa shape index (κ1) is 13.5. The Kier molecular flexibility index (Phi) is 3.45. The van der Waals surface area contributed by atoms with Crippen LogP contribution in [0.2, 0.25) is 0 Å². The molecule has 0 N–H and O–H groups in total. The molecule has 0 amide bonds. The summed E-state index contributed by atoms with van der Waals surface area (Å²) in [6, 6.07) is 6.44. The van der Waals surface area contributed by atoms with Gasteiger partial charge in [0.2, 0.25) is 6.79 Å². The Morgan fingerprint density at radius 2 is 2.00 bits per heavy atom. The average Bonchev–Trinajstić information content (AvgIpc) is 2.81. The van der Waals surface area contributed by atoms with Gasteiger partial charge in [-0.2, -0.15) is 0 Å². The summed E-state index contributed by atoms with van der Waals surface area (Å²) in [5.74, 6) is 2.42. The van der Waals surface area contributed by atoms with Crippen LogP contribution in [0.25, 0.3) is 0 Å². The second-order valence-corrected chi connectivity index (χ2v) is 6.96. The lowest BCUT2D eigenvalue weighted by Gasteiger charge is -2.37. The molecule has 20 heavy (non-hydrogen) atoms. The van der Waals surface area contributed by atoms with Crippen LogP contribution in [-0.2, 0) is 0 Å². The molecule has 0 spiro atoms. The van der Waals surface area contributed by atoms with Gasteiger partial charge in [0.05, 0.1) is 6.04 Å². The Morgan fingerprint density at radius 3 is 2.80 bits per heavy atom. The van der Waals surface area contributed by atoms with E-state index in [1.54, 1.807) is 0 Å². The molecule has 1 saturated carbocycles. The topological polar surface area (TPSA) is 30.8 Å². The number of nitrogens with zero attached hydrogens (tertiary/aromatic N) is 1. The number of hydrogen-bond acceptors (Lipinski definition) is 3. The van der Waals surface area contributed by atoms with E-state index >= 15 is 0 Å². The van der Waals surface area contributed by atoms with Gasteiger partial charge in [-0.05, 0) is 54.4 Å². The van der Waals surface area contributed by atoms with E-state index in [1.165, 1.54) is 19.3 Å². The van der Waals surface area contributed by atoms with Crippen molar-refractivity contribution in [2.24, 2.45) is 16.3 Å². The molecule has 1 aliphatic carbocycles. The van der Waals surface area contributed by atoms with Crippen LogP contribution in [0, 0.1) is 11.3 Å². The van der Waals surface area contributed by atoms with Gasteiger partial charge in [-0.15, -0.1) is 0 Å². The van der Waals surface area contributed by atoms with E-state index in [0.29, 0.717) is 18.2 Å². The standard InChI is InChI=1S/C17H23NO2/c1-12-6-14(9-17(2,3)8-12)18-10-13-4-5-15-16(7-13)20-11-19-15/h4-5,7,10,12,14H,6,8-9,11H2,1-3H3/t12-,14-/m0/s1. The molecule has 1 aromatic rings. The van der Waals surface area contributed by atoms with Crippen molar-refractivity contribution in [2.45, 2.75) is 46.1 Å². The van der Waals surface area contributed by atoms with E-state index in [2.05, 4.69) is 20.8 Å². The first-order valence-corrected chi connectivity index (χ1v) is 7.45. The Balaban J connectivity index is 1.70. The number of ether oxygens (including phenoxy) is 2. The summed E-state index contributed by atoms with van der Waals surface area (Å²) in [7, 11) is 0. The molecule has 0 unspecified atom stereocenters. The van der Waals surface area contributed by atoms with Crippen molar-refractivity contribution in [3.8, 4) is 11.5 Å². The van der Waals surface area contributed by atoms with Gasteiger partial charge >= 0.3 is 0 Å². The SMILES string of the molecule is C[C@H]1C[C@H](N=Cc2ccc3c(c2)OCO3)CC(C)(C)C1. The lowest BCUT2D eigenvalue weighted by Crippen LogP contribution is -2.29. The lowest BCUT2D eigenvalue weighted by molar-refractivity contribution is 0.171. The molecule has 1 fully saturated rings. The fourth-order valence-electron chi connectivity index (χ4n) is 3.59. The van der Waals surface area contributed by atoms with Crippen LogP contribution in [0.15, 0.2) is 23.2 Å². The molecule has 2 atom stereocenters. The number of rotatable bonds is 2. The fraction of sp³-hybridized carbons (Fsp3) is 0.588. The summed E-state index contributed by atoms with van der Waals surface area (Å²) in [6.45, 7) is 7.37. The van der Waals surface area contributed by atoms with Gasteiger partial charge in [-0.1, -0.05) is 20.8 Å². The van der Waals surface area contributed by atoms with Gasteiger partial charge in [0.25, 0.3) is 0 Å². The molecule has 1 aromatic carbocycles. The zero-order chi connectivity index (χ0) is 14.2. The molecule has 0 radical (unpaired) electrons. The van der Waals surface area contributed by atoms with E-state index in [4.69, 9.17) is 14.5 Å². The quantitative estimate of drug-likeness (QED) is 0.761. The third-order valence-electron chi connectivity index (χ3n) is 4.19. The number of fused-ring (bicyclic) bond motifs is 1. The molecule has 0 bridgehead atoms. The average molecular weight is 273 g/mol. The Hall–Kier alpha value is -1.51. The molecule has 3 rings (SSSR count). The highest BCUT2D eigenvalue weighted by molar-refractivity contribution is 5.81. The van der Waals surface area contributed by atoms with E-state index in [9.17, 15) is 0 Å². The van der Waals surface area contributed by atoms with E-state index in [1.807, 2.05) is 24.4 Å². The Labute approximate surface area is 121 Å². The van der Waals surface area contributed by atoms with Crippen molar-refractivity contribution in [3.05, 3.63) is 23.8 Å². The summed E-state index contributed by atoms with van der Waals surface area (Å²) in [4.78, 5) is 4.80. The van der Waals surface area contributed by atoms with Crippen molar-refractivity contribution < 1.29 is 9.47 Å². The highest BCUT2D eigenvalue weighted by Crippen LogP contribution is 2.39. The number of hydrogen-bond donors (Lipinski definition) is 0. The summed E-state index contributed by atoms with van der Waals surface area (Å²) in [6.07, 6.45) is 5.67. The number of aliphatic imine (C=N–C) groups is 1. The highest BCUT2D eigenvalue weighted by atomic mass is 16.7. The molecular formula is C17H23NO2. The largest absolute Gasteiger partial charge is 0.454 e. The van der Waals surface area contributed by atoms with Crippen LogP contribution < -0.4 is 9.47 Å². The molecule has 0 aromatic heterocycles. The van der Waals surface area contributed by atoms with Crippen molar-refractivity contribution in [1.82, 2.24) is 0 Å². The normalized spacial score (nSPS) is 27.9. The van der Waals surface area contributed by atoms with Crippen molar-refractivity contribution >= 4 is 6.21 Å². The molecule has 1 aliphatic heterocycles. The first-order valence-electron chi connectivity index (χ1n) is 7.45. The third-order valence-corrected chi connectivity index (χ3v) is 4.19. The minimum Gasteiger partial charge on any atom is -0.454 e. The monoisotopic (exact) mass is 273 g/mol. The molecule has 3 heteroatoms. The van der Waals surface area contributed by atoms with Crippen LogP contribution in [0.3, 0.4) is 0 Å². The van der Waals surface area contributed by atoms with Gasteiger partial charge in [0.1, 0.15) is 0 Å². The maximum absolute atomic E-state index is 5.40. The van der Waals surface area contributed by atoms with Gasteiger partial charge in [0.15, 0.2) is 11.5 Å². The maximum Gasteiger partial charge on any atom is 0.231 e. The van der Waals surface area contributed by atoms with Gasteiger partial charge in [-0.25, -0.2) is 0 Å². The van der Waals surface area contributed by atoms with Gasteiger partial charge < -0.3 is 9.47 Å². The Bertz CT molecular complexity index is 522. The fourth-order valence-corrected chi connectivity index (χ4v) is 3.59. The smallest absolute Gasteiger partial charge is 0.231 e. The second-order valence-electron chi connectivity index (χ2n) is 6.96. The minimum absolute atomic E-state index is 0.324. The minimum atomic E-state index is 0.324. The predicted molar refractivity (Wildman–Crippen MR) is 80.7 cm³/mol. The molecule has 108 valence electrons. The highest BCUT2D eigenvalue weighted by Gasteiger charge is 2.31. The third kappa shape index (κ3) is 2.97. The lowest BCUT2D eigenvalue weighted by atomic mass is 9.71. The van der Waals surface area contributed by atoms with Crippen LogP contribution in [0.5, 0.6) is 11.5 Å². The molecule has 2 aliphatic rings. The zero-order valence-electron chi connectivity index (χ0n) is 12.6. The van der Waals surface area contributed by atoms with E-state index < -0.39 is 0 Å². The maximum atomic E-state index is 5.40. The first-order chi connectivity index (χ1) is 9.52. The summed E-state index contributed by atoms with van der Waals surface area (Å²) in [5, 5.41) is 0. The van der Waals surface area contributed by atoms with Crippen molar-refractivity contribution in [3.63, 3.8) is 0 Å². The van der Waals surface area contributed by atoms with Gasteiger partial charge in [-0.3, -0.25) is 4.99 Å². The summed E-state index contributed by atoms with van der Waals surface area (Å²) in [5.41, 5.74) is 1.50. The van der Waals surface area contributed by atoms with Gasteiger partial charge in [0, 0.05) is 6.21 Å². The van der Waals surface area contributed by atoms with E-state index in [-0.39, 0.29) is 0 Å². The predicted octanol–water partition coefficient (Wildman–Crippen LogP) is 4.05. The van der Waals surface area contributed by atoms with Crippen LogP contribution in [-0.4, -0.2) is 19.0 Å². The molecule has 3 nitrogen and oxygen atoms in total. The summed E-state index contributed by atoms with van der Waals surface area (Å²) >= 11 is 0. The van der Waals surface area contributed by atoms with Crippen LogP contribution in [0.4, 0.5) is 0 Å².